The van der Waals surface area contributed by atoms with E-state index in [0.717, 1.165) is 11.6 Å². The zero-order valence-corrected chi connectivity index (χ0v) is 17.9. The number of Topliss-reactive ketones (excluding diaryl/α,β-unsaturated/α-hetero) is 1. The second-order valence-electron chi connectivity index (χ2n) is 7.87. The van der Waals surface area contributed by atoms with Gasteiger partial charge in [0.15, 0.2) is 11.4 Å². The Kier molecular flexibility index (Phi) is 6.51. The normalized spacial score (nSPS) is 13.9. The van der Waals surface area contributed by atoms with Crippen LogP contribution in [-0.2, 0) is 5.60 Å². The monoisotopic (exact) mass is 406 g/mol. The van der Waals surface area contributed by atoms with E-state index in [1.807, 2.05) is 0 Å². The Morgan fingerprint density at radius 3 is 1.92 bits per heavy atom. The number of hydrogen-bond acceptors (Lipinski definition) is 2. The van der Waals surface area contributed by atoms with E-state index in [1.165, 1.54) is 0 Å². The van der Waals surface area contributed by atoms with Gasteiger partial charge in [-0.3, -0.25) is 4.79 Å². The molecule has 1 atom stereocenters. The Balaban J connectivity index is 2.43. The Morgan fingerprint density at radius 2 is 1.46 bits per heavy atom. The van der Waals surface area contributed by atoms with Crippen molar-refractivity contribution in [3.63, 3.8) is 0 Å². The second kappa shape index (κ2) is 8.09. The third kappa shape index (κ3) is 5.30. The second-order valence-corrected chi connectivity index (χ2v) is 14.2. The molecule has 0 aromatic heterocycles. The van der Waals surface area contributed by atoms with Crippen molar-refractivity contribution in [3.05, 3.63) is 81.9 Å². The van der Waals surface area contributed by atoms with Gasteiger partial charge in [0, 0.05) is 30.1 Å². The molecule has 0 spiro atoms. The van der Waals surface area contributed by atoms with Crippen molar-refractivity contribution in [2.45, 2.75) is 37.7 Å². The molecule has 0 saturated carbocycles. The first-order valence-electron chi connectivity index (χ1n) is 8.47. The predicted molar refractivity (Wildman–Crippen MR) is 113 cm³/mol. The molecule has 1 N–H and O–H groups in total. The maximum Gasteiger partial charge on any atom is 0.199 e. The zero-order chi connectivity index (χ0) is 19.5. The Hall–Kier alpha value is -1.39. The molecule has 2 aromatic carbocycles. The van der Waals surface area contributed by atoms with Crippen LogP contribution in [0.5, 0.6) is 0 Å². The zero-order valence-electron chi connectivity index (χ0n) is 15.4. The van der Waals surface area contributed by atoms with Crippen molar-refractivity contribution >= 4 is 37.1 Å². The minimum Gasteiger partial charge on any atom is -0.377 e. The van der Waals surface area contributed by atoms with Crippen molar-refractivity contribution in [2.75, 3.05) is 0 Å². The summed E-state index contributed by atoms with van der Waals surface area (Å²) in [5, 5.41) is 12.6. The predicted octanol–water partition coefficient (Wildman–Crippen LogP) is 6.35. The molecule has 0 heterocycles. The van der Waals surface area contributed by atoms with Gasteiger partial charge in [0.1, 0.15) is 0 Å². The summed E-state index contributed by atoms with van der Waals surface area (Å²) < 4.78 is 0. The Bertz CT molecular complexity index is 792. The highest BCUT2D eigenvalue weighted by molar-refractivity contribution is 6.76. The fourth-order valence-corrected chi connectivity index (χ4v) is 4.93. The van der Waals surface area contributed by atoms with E-state index >= 15 is 0 Å². The summed E-state index contributed by atoms with van der Waals surface area (Å²) in [7, 11) is -1.41. The van der Waals surface area contributed by atoms with E-state index in [0.29, 0.717) is 21.2 Å². The quantitative estimate of drug-likeness (QED) is 0.330. The summed E-state index contributed by atoms with van der Waals surface area (Å²) in [5.41, 5.74) is 0.116. The van der Waals surface area contributed by atoms with Gasteiger partial charge in [-0.05, 0) is 48.0 Å². The minimum atomic E-state index is -1.69. The van der Waals surface area contributed by atoms with Gasteiger partial charge in [-0.2, -0.15) is 0 Å². The molecule has 5 heteroatoms. The van der Waals surface area contributed by atoms with Gasteiger partial charge in [0.2, 0.25) is 0 Å². The molecule has 2 aromatic rings. The van der Waals surface area contributed by atoms with Crippen molar-refractivity contribution in [2.24, 2.45) is 0 Å². The van der Waals surface area contributed by atoms with Crippen LogP contribution in [-0.4, -0.2) is 19.0 Å². The van der Waals surface area contributed by atoms with E-state index in [1.54, 1.807) is 48.5 Å². The first kappa shape index (κ1) is 20.9. The lowest BCUT2D eigenvalue weighted by Crippen LogP contribution is -2.37. The van der Waals surface area contributed by atoms with Crippen molar-refractivity contribution in [3.8, 4) is 0 Å². The smallest absolute Gasteiger partial charge is 0.199 e. The summed E-state index contributed by atoms with van der Waals surface area (Å²) in [5.74, 6) is -0.367. The maximum absolute atomic E-state index is 13.2. The molecule has 0 aliphatic carbocycles. The molecule has 26 heavy (non-hydrogen) atoms. The van der Waals surface area contributed by atoms with Gasteiger partial charge in [0.05, 0.1) is 0 Å². The van der Waals surface area contributed by atoms with Crippen LogP contribution in [0.3, 0.4) is 0 Å². The van der Waals surface area contributed by atoms with E-state index < -0.39 is 13.7 Å². The molecule has 2 nitrogen and oxygen atoms in total. The average molecular weight is 407 g/mol. The van der Waals surface area contributed by atoms with Crippen LogP contribution in [0.2, 0.25) is 35.7 Å². The first-order valence-corrected chi connectivity index (χ1v) is 12.9. The molecule has 0 aliphatic rings. The minimum absolute atomic E-state index is 0.181. The SMILES string of the molecule is C=C(CC(O)(C(=O)c1ccc(Cl)cc1)c1ccc(Cl)cc1)C[Si](C)(C)C. The Morgan fingerprint density at radius 1 is 1.00 bits per heavy atom. The molecule has 0 aliphatic heterocycles. The molecule has 0 fully saturated rings. The molecule has 1 unspecified atom stereocenters. The van der Waals surface area contributed by atoms with Crippen molar-refractivity contribution in [1.82, 2.24) is 0 Å². The van der Waals surface area contributed by atoms with E-state index in [2.05, 4.69) is 26.2 Å². The summed E-state index contributed by atoms with van der Waals surface area (Å²) in [4.78, 5) is 13.2. The van der Waals surface area contributed by atoms with Crippen LogP contribution < -0.4 is 0 Å². The third-order valence-corrected chi connectivity index (χ3v) is 6.15. The summed E-state index contributed by atoms with van der Waals surface area (Å²) >= 11 is 11.9. The molecule has 0 bridgehead atoms. The molecular weight excluding hydrogens is 383 g/mol. The molecule has 0 saturated heterocycles. The largest absolute Gasteiger partial charge is 0.377 e. The summed E-state index contributed by atoms with van der Waals surface area (Å²) in [6.45, 7) is 10.8. The highest BCUT2D eigenvalue weighted by Gasteiger charge is 2.39. The number of benzene rings is 2. The topological polar surface area (TPSA) is 37.3 Å². The highest BCUT2D eigenvalue weighted by atomic mass is 35.5. The van der Waals surface area contributed by atoms with Gasteiger partial charge in [-0.25, -0.2) is 0 Å². The maximum atomic E-state index is 13.2. The van der Waals surface area contributed by atoms with Crippen molar-refractivity contribution in [1.29, 1.82) is 0 Å². The van der Waals surface area contributed by atoms with E-state index in [9.17, 15) is 9.90 Å². The van der Waals surface area contributed by atoms with Crippen molar-refractivity contribution < 1.29 is 9.90 Å². The lowest BCUT2D eigenvalue weighted by atomic mass is 9.81. The number of halogens is 2. The lowest BCUT2D eigenvalue weighted by Gasteiger charge is -2.30. The van der Waals surface area contributed by atoms with Crippen LogP contribution in [0.25, 0.3) is 0 Å². The molecular formula is C21H24Cl2O2Si. The molecule has 0 radical (unpaired) electrons. The van der Waals surface area contributed by atoms with E-state index in [4.69, 9.17) is 23.2 Å². The Labute approximate surface area is 166 Å². The standard InChI is InChI=1S/C21H24Cl2O2Si/c1-15(14-26(2,3)4)13-21(25,17-7-11-19(23)12-8-17)20(24)16-5-9-18(22)10-6-16/h5-12,25H,1,13-14H2,2-4H3. The van der Waals surface area contributed by atoms with Gasteiger partial charge in [-0.15, -0.1) is 6.58 Å². The third-order valence-electron chi connectivity index (χ3n) is 4.09. The van der Waals surface area contributed by atoms with Gasteiger partial charge in [-0.1, -0.05) is 60.5 Å². The molecule has 0 amide bonds. The fraction of sp³-hybridized carbons (Fsp3) is 0.286. The first-order chi connectivity index (χ1) is 12.0. The van der Waals surface area contributed by atoms with Crippen LogP contribution in [0.1, 0.15) is 22.3 Å². The van der Waals surface area contributed by atoms with Gasteiger partial charge in [0.25, 0.3) is 0 Å². The van der Waals surface area contributed by atoms with Crippen LogP contribution >= 0.6 is 23.2 Å². The van der Waals surface area contributed by atoms with E-state index in [-0.39, 0.29) is 12.2 Å². The highest BCUT2D eigenvalue weighted by Crippen LogP contribution is 2.35. The van der Waals surface area contributed by atoms with Crippen LogP contribution in [0, 0.1) is 0 Å². The average Bonchev–Trinajstić information content (AvgIpc) is 2.53. The van der Waals surface area contributed by atoms with Gasteiger partial charge < -0.3 is 5.11 Å². The fourth-order valence-electron chi connectivity index (χ4n) is 3.05. The van der Waals surface area contributed by atoms with Gasteiger partial charge >= 0.3 is 0 Å². The molecule has 2 rings (SSSR count). The number of rotatable bonds is 7. The summed E-state index contributed by atoms with van der Waals surface area (Å²) in [6, 6.07) is 14.1. The van der Waals surface area contributed by atoms with Crippen LogP contribution in [0.4, 0.5) is 0 Å². The summed E-state index contributed by atoms with van der Waals surface area (Å²) in [6.07, 6.45) is 0.181. The molecule has 138 valence electrons. The van der Waals surface area contributed by atoms with Crippen LogP contribution in [0.15, 0.2) is 60.7 Å². The number of hydrogen-bond donors (Lipinski definition) is 1. The number of carbonyl (C=O) groups is 1. The number of aliphatic hydroxyl groups is 1. The number of ketones is 1. The number of carbonyl (C=O) groups excluding carboxylic acids is 1. The lowest BCUT2D eigenvalue weighted by molar-refractivity contribution is 0.0299.